The molecule has 0 aliphatic rings. The fourth-order valence-electron chi connectivity index (χ4n) is 1.56. The van der Waals surface area contributed by atoms with Crippen molar-refractivity contribution in [3.63, 3.8) is 0 Å². The van der Waals surface area contributed by atoms with Gasteiger partial charge in [0.2, 0.25) is 10.0 Å². The van der Waals surface area contributed by atoms with Crippen molar-refractivity contribution in [2.45, 2.75) is 11.4 Å². The van der Waals surface area contributed by atoms with E-state index < -0.39 is 15.9 Å². The highest BCUT2D eigenvalue weighted by molar-refractivity contribution is 7.89. The third-order valence-electron chi connectivity index (χ3n) is 2.52. The zero-order chi connectivity index (χ0) is 15.5. The number of carbonyl (C=O) groups excluding carboxylic acids is 1. The van der Waals surface area contributed by atoms with Gasteiger partial charge in [0.25, 0.3) is 5.91 Å². The van der Waals surface area contributed by atoms with Crippen molar-refractivity contribution in [3.05, 3.63) is 53.1 Å². The standard InChI is InChI=1S/C12H11ClN4O3S/c13-11-7-15-6-10(17-11)12(18)16-5-8-2-1-3-9(4-8)21(14,19)20/h1-4,6-7H,5H2,(H,16,18)(H2,14,19,20). The van der Waals surface area contributed by atoms with Gasteiger partial charge < -0.3 is 5.32 Å². The van der Waals surface area contributed by atoms with E-state index in [1.807, 2.05) is 0 Å². The van der Waals surface area contributed by atoms with Crippen molar-refractivity contribution in [1.29, 1.82) is 0 Å². The van der Waals surface area contributed by atoms with Crippen LogP contribution < -0.4 is 10.5 Å². The van der Waals surface area contributed by atoms with Gasteiger partial charge in [0.05, 0.1) is 17.3 Å². The van der Waals surface area contributed by atoms with Crippen LogP contribution in [0.15, 0.2) is 41.6 Å². The second-order valence-electron chi connectivity index (χ2n) is 4.10. The van der Waals surface area contributed by atoms with Gasteiger partial charge in [-0.25, -0.2) is 18.5 Å². The fourth-order valence-corrected chi connectivity index (χ4v) is 2.29. The van der Waals surface area contributed by atoms with Crippen LogP contribution in [0.2, 0.25) is 5.15 Å². The number of nitrogens with two attached hydrogens (primary N) is 1. The summed E-state index contributed by atoms with van der Waals surface area (Å²) in [5.74, 6) is -0.467. The molecule has 9 heteroatoms. The lowest BCUT2D eigenvalue weighted by Crippen LogP contribution is -2.24. The van der Waals surface area contributed by atoms with E-state index in [-0.39, 0.29) is 22.3 Å². The van der Waals surface area contributed by atoms with E-state index in [0.717, 1.165) is 0 Å². The summed E-state index contributed by atoms with van der Waals surface area (Å²) in [7, 11) is -3.77. The third kappa shape index (κ3) is 4.22. The first kappa shape index (κ1) is 15.4. The Bertz CT molecular complexity index is 780. The zero-order valence-corrected chi connectivity index (χ0v) is 12.2. The molecule has 0 saturated carbocycles. The van der Waals surface area contributed by atoms with Gasteiger partial charge in [-0.1, -0.05) is 23.7 Å². The number of nitrogens with one attached hydrogen (secondary N) is 1. The minimum atomic E-state index is -3.77. The lowest BCUT2D eigenvalue weighted by molar-refractivity contribution is 0.0945. The Morgan fingerprint density at radius 1 is 1.33 bits per heavy atom. The van der Waals surface area contributed by atoms with E-state index >= 15 is 0 Å². The van der Waals surface area contributed by atoms with Crippen LogP contribution in [0, 0.1) is 0 Å². The number of hydrogen-bond donors (Lipinski definition) is 2. The SMILES string of the molecule is NS(=O)(=O)c1cccc(CNC(=O)c2cncc(Cl)n2)c1. The molecule has 0 unspecified atom stereocenters. The number of primary sulfonamides is 1. The van der Waals surface area contributed by atoms with Crippen LogP contribution in [0.25, 0.3) is 0 Å². The Kier molecular flexibility index (Phi) is 4.51. The van der Waals surface area contributed by atoms with Crippen molar-refractivity contribution in [2.24, 2.45) is 5.14 Å². The van der Waals surface area contributed by atoms with E-state index in [9.17, 15) is 13.2 Å². The summed E-state index contributed by atoms with van der Waals surface area (Å²) in [5, 5.41) is 7.74. The molecule has 0 aliphatic heterocycles. The molecular weight excluding hydrogens is 316 g/mol. The number of carbonyl (C=O) groups is 1. The first-order chi connectivity index (χ1) is 9.86. The topological polar surface area (TPSA) is 115 Å². The van der Waals surface area contributed by atoms with Crippen LogP contribution in [0.3, 0.4) is 0 Å². The summed E-state index contributed by atoms with van der Waals surface area (Å²) < 4.78 is 22.5. The summed E-state index contributed by atoms with van der Waals surface area (Å²) in [6.45, 7) is 0.121. The minimum absolute atomic E-state index is 0.0169. The second kappa shape index (κ2) is 6.17. The molecule has 2 rings (SSSR count). The van der Waals surface area contributed by atoms with Gasteiger partial charge in [0, 0.05) is 6.54 Å². The molecule has 0 bridgehead atoms. The molecule has 1 aromatic carbocycles. The van der Waals surface area contributed by atoms with Crippen LogP contribution in [0.5, 0.6) is 0 Å². The molecule has 0 aliphatic carbocycles. The number of halogens is 1. The Morgan fingerprint density at radius 3 is 2.76 bits per heavy atom. The van der Waals surface area contributed by atoms with Gasteiger partial charge in [0.1, 0.15) is 10.8 Å². The number of hydrogen-bond acceptors (Lipinski definition) is 5. The minimum Gasteiger partial charge on any atom is -0.347 e. The number of benzene rings is 1. The number of aromatic nitrogens is 2. The highest BCUT2D eigenvalue weighted by atomic mass is 35.5. The molecule has 0 atom stereocenters. The molecule has 0 fully saturated rings. The van der Waals surface area contributed by atoms with Crippen molar-refractivity contribution in [2.75, 3.05) is 0 Å². The number of sulfonamides is 1. The summed E-state index contributed by atoms with van der Waals surface area (Å²) in [4.78, 5) is 19.4. The first-order valence-electron chi connectivity index (χ1n) is 5.74. The molecule has 0 saturated heterocycles. The van der Waals surface area contributed by atoms with Crippen LogP contribution in [0.1, 0.15) is 16.1 Å². The monoisotopic (exact) mass is 326 g/mol. The number of nitrogens with zero attached hydrogens (tertiary/aromatic N) is 2. The molecule has 1 aromatic heterocycles. The number of rotatable bonds is 4. The average molecular weight is 327 g/mol. The Hall–Kier alpha value is -2.03. The van der Waals surface area contributed by atoms with Gasteiger partial charge >= 0.3 is 0 Å². The zero-order valence-electron chi connectivity index (χ0n) is 10.7. The van der Waals surface area contributed by atoms with Gasteiger partial charge in [-0.05, 0) is 17.7 Å². The van der Waals surface area contributed by atoms with Gasteiger partial charge in [0.15, 0.2) is 0 Å². The van der Waals surface area contributed by atoms with E-state index in [4.69, 9.17) is 16.7 Å². The number of amides is 1. The van der Waals surface area contributed by atoms with Crippen molar-refractivity contribution in [3.8, 4) is 0 Å². The summed E-state index contributed by atoms with van der Waals surface area (Å²) >= 11 is 5.64. The van der Waals surface area contributed by atoms with E-state index in [2.05, 4.69) is 15.3 Å². The maximum Gasteiger partial charge on any atom is 0.271 e. The van der Waals surface area contributed by atoms with Crippen molar-refractivity contribution in [1.82, 2.24) is 15.3 Å². The van der Waals surface area contributed by atoms with Crippen LogP contribution in [0.4, 0.5) is 0 Å². The van der Waals surface area contributed by atoms with Crippen molar-refractivity contribution >= 4 is 27.5 Å². The Balaban J connectivity index is 2.08. The maximum atomic E-state index is 11.8. The van der Waals surface area contributed by atoms with E-state index in [1.165, 1.54) is 24.5 Å². The highest BCUT2D eigenvalue weighted by Gasteiger charge is 2.10. The molecule has 21 heavy (non-hydrogen) atoms. The van der Waals surface area contributed by atoms with E-state index in [1.54, 1.807) is 12.1 Å². The summed E-state index contributed by atoms with van der Waals surface area (Å²) in [6.07, 6.45) is 2.59. The molecule has 110 valence electrons. The molecule has 1 amide bonds. The average Bonchev–Trinajstić information content (AvgIpc) is 2.44. The summed E-state index contributed by atoms with van der Waals surface area (Å²) in [6, 6.07) is 5.97. The highest BCUT2D eigenvalue weighted by Crippen LogP contribution is 2.10. The van der Waals surface area contributed by atoms with Gasteiger partial charge in [-0.2, -0.15) is 0 Å². The molecule has 3 N–H and O–H groups in total. The van der Waals surface area contributed by atoms with Crippen molar-refractivity contribution < 1.29 is 13.2 Å². The van der Waals surface area contributed by atoms with Crippen LogP contribution in [-0.4, -0.2) is 24.3 Å². The molecule has 0 radical (unpaired) electrons. The fraction of sp³-hybridized carbons (Fsp3) is 0.0833. The lowest BCUT2D eigenvalue weighted by Gasteiger charge is -2.06. The smallest absolute Gasteiger partial charge is 0.271 e. The van der Waals surface area contributed by atoms with E-state index in [0.29, 0.717) is 5.56 Å². The molecule has 0 spiro atoms. The van der Waals surface area contributed by atoms with Gasteiger partial charge in [-0.3, -0.25) is 9.78 Å². The predicted molar refractivity (Wildman–Crippen MR) is 76.0 cm³/mol. The first-order valence-corrected chi connectivity index (χ1v) is 7.66. The molecule has 1 heterocycles. The molecule has 2 aromatic rings. The Morgan fingerprint density at radius 2 is 2.10 bits per heavy atom. The maximum absolute atomic E-state index is 11.8. The lowest BCUT2D eigenvalue weighted by atomic mass is 10.2. The molecule has 7 nitrogen and oxygen atoms in total. The van der Waals surface area contributed by atoms with Crippen LogP contribution >= 0.6 is 11.6 Å². The summed E-state index contributed by atoms with van der Waals surface area (Å²) in [5.41, 5.74) is 0.662. The quantitative estimate of drug-likeness (QED) is 0.858. The second-order valence-corrected chi connectivity index (χ2v) is 6.05. The van der Waals surface area contributed by atoms with Gasteiger partial charge in [-0.15, -0.1) is 0 Å². The molecular formula is C12H11ClN4O3S. The predicted octanol–water partition coefficient (Wildman–Crippen LogP) is 0.707. The largest absolute Gasteiger partial charge is 0.347 e. The Labute approximate surface area is 126 Å². The third-order valence-corrected chi connectivity index (χ3v) is 3.61. The normalized spacial score (nSPS) is 11.1. The van der Waals surface area contributed by atoms with Crippen LogP contribution in [-0.2, 0) is 16.6 Å².